The van der Waals surface area contributed by atoms with Gasteiger partial charge >= 0.3 is 0 Å². The predicted molar refractivity (Wildman–Crippen MR) is 72.3 cm³/mol. The lowest BCUT2D eigenvalue weighted by Gasteiger charge is -2.19. The zero-order valence-corrected chi connectivity index (χ0v) is 11.3. The van der Waals surface area contributed by atoms with Crippen molar-refractivity contribution in [3.63, 3.8) is 0 Å². The maximum Gasteiger partial charge on any atom is 0.124 e. The van der Waals surface area contributed by atoms with Gasteiger partial charge in [-0.25, -0.2) is 0 Å². The third-order valence-electron chi connectivity index (χ3n) is 3.29. The monoisotopic (exact) mass is 250 g/mol. The second-order valence-electron chi connectivity index (χ2n) is 4.64. The largest absolute Gasteiger partial charge is 0.494 e. The van der Waals surface area contributed by atoms with E-state index in [1.165, 1.54) is 5.56 Å². The molecule has 0 aromatic heterocycles. The Morgan fingerprint density at radius 1 is 1.56 bits per heavy atom. The number of rotatable bonds is 5. The van der Waals surface area contributed by atoms with Gasteiger partial charge in [0, 0.05) is 30.1 Å². The molecule has 0 saturated carbocycles. The molecule has 1 aromatic carbocycles. The van der Waals surface area contributed by atoms with Crippen LogP contribution in [0.15, 0.2) is 12.1 Å². The summed E-state index contributed by atoms with van der Waals surface area (Å²) in [6, 6.07) is 4.26. The topological polar surface area (TPSA) is 56.5 Å². The zero-order valence-electron chi connectivity index (χ0n) is 11.3. The van der Waals surface area contributed by atoms with Crippen LogP contribution in [0.5, 0.6) is 11.5 Å². The molecule has 0 fully saturated rings. The maximum atomic E-state index is 5.80. The summed E-state index contributed by atoms with van der Waals surface area (Å²) in [6.07, 6.45) is 1.19. The lowest BCUT2D eigenvalue weighted by Crippen LogP contribution is -2.25. The summed E-state index contributed by atoms with van der Waals surface area (Å²) < 4.78 is 11.5. The van der Waals surface area contributed by atoms with Gasteiger partial charge in [0.15, 0.2) is 0 Å². The minimum atomic E-state index is 0.0938. The van der Waals surface area contributed by atoms with Gasteiger partial charge in [-0.05, 0) is 33.0 Å². The summed E-state index contributed by atoms with van der Waals surface area (Å²) in [4.78, 5) is 0. The number of hydrogen-bond acceptors (Lipinski definition) is 4. The summed E-state index contributed by atoms with van der Waals surface area (Å²) in [5.41, 5.74) is 8.10. The van der Waals surface area contributed by atoms with E-state index in [1.54, 1.807) is 0 Å². The van der Waals surface area contributed by atoms with Gasteiger partial charge < -0.3 is 20.5 Å². The Hall–Kier alpha value is -1.26. The normalized spacial score (nSPS) is 19.2. The van der Waals surface area contributed by atoms with Gasteiger partial charge in [-0.3, -0.25) is 0 Å². The molecule has 0 aliphatic carbocycles. The molecule has 0 spiro atoms. The van der Waals surface area contributed by atoms with E-state index in [1.807, 2.05) is 14.0 Å². The molecule has 1 aromatic rings. The molecule has 0 bridgehead atoms. The SMILES string of the molecule is CCOc1cc2c(cc1C(CN)NC)OC(C)C2. The van der Waals surface area contributed by atoms with Crippen LogP contribution in [0.4, 0.5) is 0 Å². The third kappa shape index (κ3) is 2.44. The highest BCUT2D eigenvalue weighted by Crippen LogP contribution is 2.37. The minimum absolute atomic E-state index is 0.0938. The second kappa shape index (κ2) is 5.59. The van der Waals surface area contributed by atoms with Crippen molar-refractivity contribution in [2.45, 2.75) is 32.4 Å². The lowest BCUT2D eigenvalue weighted by molar-refractivity contribution is 0.254. The van der Waals surface area contributed by atoms with Crippen molar-refractivity contribution in [1.29, 1.82) is 0 Å². The average Bonchev–Trinajstić information content (AvgIpc) is 2.70. The second-order valence-corrected chi connectivity index (χ2v) is 4.64. The Balaban J connectivity index is 2.40. The molecule has 0 amide bonds. The number of likely N-dealkylation sites (N-methyl/N-ethyl adjacent to an activating group) is 1. The molecule has 3 N–H and O–H groups in total. The van der Waals surface area contributed by atoms with Crippen LogP contribution in [0.3, 0.4) is 0 Å². The molecule has 4 nitrogen and oxygen atoms in total. The molecule has 0 radical (unpaired) electrons. The van der Waals surface area contributed by atoms with E-state index >= 15 is 0 Å². The van der Waals surface area contributed by atoms with Crippen LogP contribution in [0.25, 0.3) is 0 Å². The van der Waals surface area contributed by atoms with Crippen molar-refractivity contribution in [2.75, 3.05) is 20.2 Å². The molecule has 1 heterocycles. The lowest BCUT2D eigenvalue weighted by atomic mass is 10.0. The first-order chi connectivity index (χ1) is 8.69. The number of hydrogen-bond donors (Lipinski definition) is 2. The highest BCUT2D eigenvalue weighted by molar-refractivity contribution is 5.50. The Morgan fingerprint density at radius 2 is 2.33 bits per heavy atom. The van der Waals surface area contributed by atoms with Gasteiger partial charge in [-0.15, -0.1) is 0 Å². The fourth-order valence-corrected chi connectivity index (χ4v) is 2.41. The fourth-order valence-electron chi connectivity index (χ4n) is 2.41. The molecular formula is C14H22N2O2. The first kappa shape index (κ1) is 13.2. The number of fused-ring (bicyclic) bond motifs is 1. The summed E-state index contributed by atoms with van der Waals surface area (Å²) in [5, 5.41) is 3.21. The Bertz CT molecular complexity index is 417. The van der Waals surface area contributed by atoms with Gasteiger partial charge in [0.25, 0.3) is 0 Å². The van der Waals surface area contributed by atoms with E-state index < -0.39 is 0 Å². The highest BCUT2D eigenvalue weighted by Gasteiger charge is 2.24. The third-order valence-corrected chi connectivity index (χ3v) is 3.29. The van der Waals surface area contributed by atoms with E-state index in [0.717, 1.165) is 23.5 Å². The van der Waals surface area contributed by atoms with Gasteiger partial charge in [0.1, 0.15) is 17.6 Å². The first-order valence-corrected chi connectivity index (χ1v) is 6.53. The number of ether oxygens (including phenoxy) is 2. The molecule has 2 unspecified atom stereocenters. The molecule has 1 aliphatic rings. The summed E-state index contributed by atoms with van der Waals surface area (Å²) in [6.45, 7) is 5.26. The highest BCUT2D eigenvalue weighted by atomic mass is 16.5. The smallest absolute Gasteiger partial charge is 0.124 e. The summed E-state index contributed by atoms with van der Waals surface area (Å²) in [7, 11) is 1.91. The maximum absolute atomic E-state index is 5.80. The molecular weight excluding hydrogens is 228 g/mol. The first-order valence-electron chi connectivity index (χ1n) is 6.53. The van der Waals surface area contributed by atoms with Crippen molar-refractivity contribution < 1.29 is 9.47 Å². The van der Waals surface area contributed by atoms with Crippen LogP contribution in [-0.2, 0) is 6.42 Å². The van der Waals surface area contributed by atoms with E-state index in [4.69, 9.17) is 15.2 Å². The minimum Gasteiger partial charge on any atom is -0.494 e. The van der Waals surface area contributed by atoms with Crippen LogP contribution >= 0.6 is 0 Å². The Morgan fingerprint density at radius 3 is 2.94 bits per heavy atom. The van der Waals surface area contributed by atoms with E-state index in [2.05, 4.69) is 24.4 Å². The van der Waals surface area contributed by atoms with Crippen LogP contribution in [0.1, 0.15) is 31.0 Å². The predicted octanol–water partition coefficient (Wildman–Crippen LogP) is 1.63. The van der Waals surface area contributed by atoms with Crippen molar-refractivity contribution in [1.82, 2.24) is 5.32 Å². The van der Waals surface area contributed by atoms with E-state index in [9.17, 15) is 0 Å². The van der Waals surface area contributed by atoms with Gasteiger partial charge in [0.2, 0.25) is 0 Å². The van der Waals surface area contributed by atoms with Crippen molar-refractivity contribution in [3.05, 3.63) is 23.3 Å². The molecule has 4 heteroatoms. The Labute approximate surface area is 108 Å². The molecule has 0 saturated heterocycles. The molecule has 100 valence electrons. The summed E-state index contributed by atoms with van der Waals surface area (Å²) in [5.74, 6) is 1.88. The number of benzene rings is 1. The Kier molecular flexibility index (Phi) is 4.09. The number of nitrogens with one attached hydrogen (secondary N) is 1. The summed E-state index contributed by atoms with van der Waals surface area (Å²) >= 11 is 0. The fraction of sp³-hybridized carbons (Fsp3) is 0.571. The number of nitrogens with two attached hydrogens (primary N) is 1. The van der Waals surface area contributed by atoms with Crippen LogP contribution < -0.4 is 20.5 Å². The molecule has 2 atom stereocenters. The van der Waals surface area contributed by atoms with Crippen molar-refractivity contribution in [3.8, 4) is 11.5 Å². The van der Waals surface area contributed by atoms with Gasteiger partial charge in [0.05, 0.1) is 6.61 Å². The molecule has 1 aliphatic heterocycles. The van der Waals surface area contributed by atoms with Crippen molar-refractivity contribution >= 4 is 0 Å². The molecule has 18 heavy (non-hydrogen) atoms. The van der Waals surface area contributed by atoms with Crippen LogP contribution in [0.2, 0.25) is 0 Å². The van der Waals surface area contributed by atoms with Gasteiger partial charge in [-0.1, -0.05) is 0 Å². The van der Waals surface area contributed by atoms with E-state index in [-0.39, 0.29) is 12.1 Å². The quantitative estimate of drug-likeness (QED) is 0.834. The van der Waals surface area contributed by atoms with E-state index in [0.29, 0.717) is 13.2 Å². The molecule has 2 rings (SSSR count). The van der Waals surface area contributed by atoms with Crippen molar-refractivity contribution in [2.24, 2.45) is 5.73 Å². The van der Waals surface area contributed by atoms with Gasteiger partial charge in [-0.2, -0.15) is 0 Å². The average molecular weight is 250 g/mol. The zero-order chi connectivity index (χ0) is 13.1. The standard InChI is InChI=1S/C14H22N2O2/c1-4-17-14-6-10-5-9(2)18-13(10)7-11(14)12(8-15)16-3/h6-7,9,12,16H,4-5,8,15H2,1-3H3. The van der Waals surface area contributed by atoms with Crippen LogP contribution in [-0.4, -0.2) is 26.3 Å². The van der Waals surface area contributed by atoms with Crippen LogP contribution in [0, 0.1) is 0 Å².